The second-order valence-electron chi connectivity index (χ2n) is 4.69. The van der Waals surface area contributed by atoms with Crippen molar-refractivity contribution >= 4 is 33.9 Å². The van der Waals surface area contributed by atoms with Gasteiger partial charge in [0, 0.05) is 27.7 Å². The first-order valence-corrected chi connectivity index (χ1v) is 7.32. The van der Waals surface area contributed by atoms with Crippen LogP contribution >= 0.6 is 11.3 Å². The summed E-state index contributed by atoms with van der Waals surface area (Å²) in [6.07, 6.45) is 1.72. The fourth-order valence-corrected chi connectivity index (χ4v) is 2.93. The molecule has 2 heterocycles. The molecule has 0 aliphatic carbocycles. The van der Waals surface area contributed by atoms with E-state index in [1.165, 1.54) is 11.3 Å². The molecule has 5 heteroatoms. The zero-order valence-electron chi connectivity index (χ0n) is 11.5. The average Bonchev–Trinajstić information content (AvgIpc) is 2.84. The van der Waals surface area contributed by atoms with Gasteiger partial charge in [-0.1, -0.05) is 18.2 Å². The molecule has 0 aliphatic rings. The van der Waals surface area contributed by atoms with Gasteiger partial charge in [-0.15, -0.1) is 11.3 Å². The number of carbonyl (C=O) groups excluding carboxylic acids is 1. The van der Waals surface area contributed by atoms with Gasteiger partial charge >= 0.3 is 5.97 Å². The van der Waals surface area contributed by atoms with Gasteiger partial charge in [-0.3, -0.25) is 4.98 Å². The Morgan fingerprint density at radius 3 is 2.90 bits per heavy atom. The number of nitrogens with zero attached hydrogens (tertiary/aromatic N) is 1. The number of fused-ring (bicyclic) bond motifs is 1. The molecule has 0 atom stereocenters. The van der Waals surface area contributed by atoms with Gasteiger partial charge in [0.25, 0.3) is 0 Å². The molecule has 0 bridgehead atoms. The third kappa shape index (κ3) is 2.73. The van der Waals surface area contributed by atoms with Crippen molar-refractivity contribution in [2.75, 3.05) is 5.73 Å². The fraction of sp³-hybridized carbons (Fsp3) is 0.125. The van der Waals surface area contributed by atoms with E-state index >= 15 is 0 Å². The number of ether oxygens (including phenoxy) is 1. The van der Waals surface area contributed by atoms with Crippen molar-refractivity contribution in [2.45, 2.75) is 13.5 Å². The second kappa shape index (κ2) is 5.54. The number of rotatable bonds is 3. The fourth-order valence-electron chi connectivity index (χ4n) is 2.09. The molecule has 106 valence electrons. The Balaban J connectivity index is 1.79. The Morgan fingerprint density at radius 1 is 1.33 bits per heavy atom. The van der Waals surface area contributed by atoms with E-state index in [4.69, 9.17) is 10.5 Å². The maximum absolute atomic E-state index is 12.0. The molecule has 0 amide bonds. The maximum atomic E-state index is 12.0. The summed E-state index contributed by atoms with van der Waals surface area (Å²) in [5, 5.41) is 0.995. The zero-order valence-corrected chi connectivity index (χ0v) is 12.3. The van der Waals surface area contributed by atoms with E-state index in [1.807, 2.05) is 37.3 Å². The van der Waals surface area contributed by atoms with Gasteiger partial charge in [0.05, 0.1) is 5.52 Å². The topological polar surface area (TPSA) is 65.2 Å². The highest BCUT2D eigenvalue weighted by Gasteiger charge is 2.13. The van der Waals surface area contributed by atoms with Crippen molar-refractivity contribution in [1.82, 2.24) is 4.98 Å². The summed E-state index contributed by atoms with van der Waals surface area (Å²) >= 11 is 1.35. The number of para-hydroxylation sites is 1. The number of benzene rings is 1. The van der Waals surface area contributed by atoms with Crippen LogP contribution in [0.3, 0.4) is 0 Å². The molecule has 0 spiro atoms. The first kappa shape index (κ1) is 13.6. The number of nitrogens with two attached hydrogens (primary N) is 1. The number of aryl methyl sites for hydroxylation is 1. The van der Waals surface area contributed by atoms with Crippen LogP contribution in [0.1, 0.15) is 20.1 Å². The van der Waals surface area contributed by atoms with Crippen LogP contribution in [0.4, 0.5) is 5.69 Å². The van der Waals surface area contributed by atoms with Gasteiger partial charge in [0.1, 0.15) is 11.5 Å². The molecule has 2 aromatic heterocycles. The molecule has 3 rings (SSSR count). The lowest BCUT2D eigenvalue weighted by Gasteiger charge is -2.06. The van der Waals surface area contributed by atoms with Crippen LogP contribution < -0.4 is 5.73 Å². The molecule has 2 N–H and O–H groups in total. The van der Waals surface area contributed by atoms with Crippen molar-refractivity contribution in [2.24, 2.45) is 0 Å². The van der Waals surface area contributed by atoms with Gasteiger partial charge in [0.2, 0.25) is 0 Å². The van der Waals surface area contributed by atoms with Gasteiger partial charge < -0.3 is 10.5 Å². The molecule has 4 nitrogen and oxygen atoms in total. The molecule has 0 fully saturated rings. The van der Waals surface area contributed by atoms with Crippen LogP contribution in [0.15, 0.2) is 42.6 Å². The SMILES string of the molecule is Cc1sc(C(=O)OCc2ccnc3ccccc23)cc1N. The number of esters is 1. The Hall–Kier alpha value is -2.40. The molecular weight excluding hydrogens is 284 g/mol. The van der Waals surface area contributed by atoms with Crippen molar-refractivity contribution in [3.63, 3.8) is 0 Å². The quantitative estimate of drug-likeness (QED) is 0.751. The highest BCUT2D eigenvalue weighted by Crippen LogP contribution is 2.24. The molecule has 0 radical (unpaired) electrons. The summed E-state index contributed by atoms with van der Waals surface area (Å²) < 4.78 is 5.38. The lowest BCUT2D eigenvalue weighted by molar-refractivity contribution is 0.0480. The summed E-state index contributed by atoms with van der Waals surface area (Å²) in [7, 11) is 0. The highest BCUT2D eigenvalue weighted by atomic mass is 32.1. The van der Waals surface area contributed by atoms with Crippen LogP contribution in [0, 0.1) is 6.92 Å². The molecule has 0 unspecified atom stereocenters. The normalized spacial score (nSPS) is 10.7. The molecule has 0 aliphatic heterocycles. The molecular formula is C16H14N2O2S. The maximum Gasteiger partial charge on any atom is 0.348 e. The van der Waals surface area contributed by atoms with Crippen LogP contribution in [0.5, 0.6) is 0 Å². The number of pyridine rings is 1. The number of aromatic nitrogens is 1. The Bertz CT molecular complexity index is 786. The first-order chi connectivity index (χ1) is 10.1. The summed E-state index contributed by atoms with van der Waals surface area (Å²) in [5.74, 6) is -0.347. The van der Waals surface area contributed by atoms with Crippen molar-refractivity contribution < 1.29 is 9.53 Å². The summed E-state index contributed by atoms with van der Waals surface area (Å²) in [5.41, 5.74) is 8.21. The predicted molar refractivity (Wildman–Crippen MR) is 84.3 cm³/mol. The van der Waals surface area contributed by atoms with Gasteiger partial charge in [-0.2, -0.15) is 0 Å². The lowest BCUT2D eigenvalue weighted by atomic mass is 10.1. The Morgan fingerprint density at radius 2 is 2.14 bits per heavy atom. The van der Waals surface area contributed by atoms with Crippen LogP contribution in [-0.2, 0) is 11.3 Å². The van der Waals surface area contributed by atoms with E-state index in [2.05, 4.69) is 4.98 Å². The Kier molecular flexibility index (Phi) is 3.58. The zero-order chi connectivity index (χ0) is 14.8. The summed E-state index contributed by atoms with van der Waals surface area (Å²) in [6.45, 7) is 2.10. The minimum atomic E-state index is -0.347. The van der Waals surface area contributed by atoms with Crippen LogP contribution in [-0.4, -0.2) is 11.0 Å². The number of anilines is 1. The molecule has 0 saturated carbocycles. The van der Waals surface area contributed by atoms with E-state index in [-0.39, 0.29) is 12.6 Å². The van der Waals surface area contributed by atoms with Gasteiger partial charge in [-0.05, 0) is 25.1 Å². The molecule has 21 heavy (non-hydrogen) atoms. The van der Waals surface area contributed by atoms with Gasteiger partial charge in [-0.25, -0.2) is 4.79 Å². The van der Waals surface area contributed by atoms with E-state index < -0.39 is 0 Å². The van der Waals surface area contributed by atoms with E-state index in [9.17, 15) is 4.79 Å². The second-order valence-corrected chi connectivity index (χ2v) is 5.94. The smallest absolute Gasteiger partial charge is 0.348 e. The van der Waals surface area contributed by atoms with Crippen LogP contribution in [0.2, 0.25) is 0 Å². The monoisotopic (exact) mass is 298 g/mol. The molecule has 3 aromatic rings. The average molecular weight is 298 g/mol. The minimum absolute atomic E-state index is 0.221. The number of carbonyl (C=O) groups is 1. The van der Waals surface area contributed by atoms with Gasteiger partial charge in [0.15, 0.2) is 0 Å². The summed E-state index contributed by atoms with van der Waals surface area (Å²) in [4.78, 5) is 17.8. The van der Waals surface area contributed by atoms with Crippen molar-refractivity contribution in [3.8, 4) is 0 Å². The molecule has 0 saturated heterocycles. The largest absolute Gasteiger partial charge is 0.457 e. The number of hydrogen-bond acceptors (Lipinski definition) is 5. The highest BCUT2D eigenvalue weighted by molar-refractivity contribution is 7.14. The van der Waals surface area contributed by atoms with Crippen molar-refractivity contribution in [1.29, 1.82) is 0 Å². The number of thiophene rings is 1. The number of hydrogen-bond donors (Lipinski definition) is 1. The third-order valence-corrected chi connectivity index (χ3v) is 4.30. The third-order valence-electron chi connectivity index (χ3n) is 3.26. The van der Waals surface area contributed by atoms with E-state index in [0.29, 0.717) is 10.6 Å². The van der Waals surface area contributed by atoms with Crippen LogP contribution in [0.25, 0.3) is 10.9 Å². The minimum Gasteiger partial charge on any atom is -0.457 e. The summed E-state index contributed by atoms with van der Waals surface area (Å²) in [6, 6.07) is 11.3. The number of nitrogen functional groups attached to an aromatic ring is 1. The first-order valence-electron chi connectivity index (χ1n) is 6.51. The standard InChI is InChI=1S/C16H14N2O2S/c1-10-13(17)8-15(21-10)16(19)20-9-11-6-7-18-14-5-3-2-4-12(11)14/h2-8H,9,17H2,1H3. The molecule has 1 aromatic carbocycles. The lowest BCUT2D eigenvalue weighted by Crippen LogP contribution is -2.03. The Labute approximate surface area is 126 Å². The van der Waals surface area contributed by atoms with E-state index in [0.717, 1.165) is 21.3 Å². The van der Waals surface area contributed by atoms with Crippen molar-refractivity contribution in [3.05, 3.63) is 57.9 Å². The predicted octanol–water partition coefficient (Wildman–Crippen LogP) is 3.54. The van der Waals surface area contributed by atoms with E-state index in [1.54, 1.807) is 12.3 Å².